The van der Waals surface area contributed by atoms with Gasteiger partial charge in [-0.1, -0.05) is 19.9 Å². The van der Waals surface area contributed by atoms with Gasteiger partial charge in [-0.25, -0.2) is 12.7 Å². The van der Waals surface area contributed by atoms with Gasteiger partial charge in [0.15, 0.2) is 0 Å². The van der Waals surface area contributed by atoms with E-state index >= 15 is 0 Å². The fraction of sp³-hybridized carbons (Fsp3) is 0.667. The molecule has 9 heteroatoms. The van der Waals surface area contributed by atoms with Crippen LogP contribution in [0.4, 0.5) is 5.69 Å². The molecule has 1 aromatic rings. The van der Waals surface area contributed by atoms with E-state index in [1.54, 1.807) is 24.1 Å². The minimum atomic E-state index is -3.58. The van der Waals surface area contributed by atoms with Gasteiger partial charge in [0.05, 0.1) is 18.0 Å². The Kier molecular flexibility index (Phi) is 6.60. The number of rotatable bonds is 6. The summed E-state index contributed by atoms with van der Waals surface area (Å²) in [4.78, 5) is 17.5. The number of hydrogen-bond acceptors (Lipinski definition) is 6. The maximum atomic E-state index is 13.4. The van der Waals surface area contributed by atoms with E-state index in [4.69, 9.17) is 4.74 Å². The molecule has 2 aliphatic rings. The number of hydrogen-bond donors (Lipinski definition) is 1. The first-order chi connectivity index (χ1) is 14.0. The van der Waals surface area contributed by atoms with Gasteiger partial charge in [-0.3, -0.25) is 9.69 Å². The summed E-state index contributed by atoms with van der Waals surface area (Å²) in [6.45, 7) is 9.17. The van der Waals surface area contributed by atoms with Crippen molar-refractivity contribution in [1.29, 1.82) is 0 Å². The molecule has 1 N–H and O–H groups in total. The van der Waals surface area contributed by atoms with Crippen LogP contribution in [0.15, 0.2) is 23.1 Å². The van der Waals surface area contributed by atoms with Crippen molar-refractivity contribution < 1.29 is 17.9 Å². The van der Waals surface area contributed by atoms with Crippen molar-refractivity contribution in [3.8, 4) is 0 Å². The first-order valence-electron chi connectivity index (χ1n) is 10.3. The number of sulfonamides is 1. The zero-order valence-corrected chi connectivity index (χ0v) is 19.6. The van der Waals surface area contributed by atoms with Crippen molar-refractivity contribution in [2.45, 2.75) is 43.2 Å². The Morgan fingerprint density at radius 2 is 2.03 bits per heavy atom. The molecule has 0 unspecified atom stereocenters. The molecular formula is C21H34N4O4S. The molecule has 168 valence electrons. The normalized spacial score (nSPS) is 24.3. The highest BCUT2D eigenvalue weighted by Gasteiger charge is 2.40. The van der Waals surface area contributed by atoms with Crippen LogP contribution in [-0.4, -0.2) is 89.6 Å². The fourth-order valence-corrected chi connectivity index (χ4v) is 5.23. The Morgan fingerprint density at radius 3 is 2.67 bits per heavy atom. The summed E-state index contributed by atoms with van der Waals surface area (Å²) in [7, 11) is 1.12. The van der Waals surface area contributed by atoms with Gasteiger partial charge in [0.2, 0.25) is 15.9 Å². The Bertz CT molecular complexity index is 900. The van der Waals surface area contributed by atoms with E-state index in [9.17, 15) is 13.2 Å². The quantitative estimate of drug-likeness (QED) is 0.710. The number of benzene rings is 1. The first kappa shape index (κ1) is 23.1. The number of fused-ring (bicyclic) bond motifs is 1. The van der Waals surface area contributed by atoms with Crippen molar-refractivity contribution in [1.82, 2.24) is 14.5 Å². The molecule has 8 nitrogen and oxygen atoms in total. The van der Waals surface area contributed by atoms with E-state index in [0.717, 1.165) is 18.7 Å². The van der Waals surface area contributed by atoms with Gasteiger partial charge in [-0.15, -0.1) is 0 Å². The highest BCUT2D eigenvalue weighted by atomic mass is 32.2. The zero-order chi connectivity index (χ0) is 22.3. The summed E-state index contributed by atoms with van der Waals surface area (Å²) in [5.41, 5.74) is 1.45. The second-order valence-corrected chi connectivity index (χ2v) is 11.3. The molecule has 1 amide bonds. The molecule has 0 radical (unpaired) electrons. The number of nitrogens with zero attached hydrogens (tertiary/aromatic N) is 3. The Hall–Kier alpha value is -1.52. The van der Waals surface area contributed by atoms with Gasteiger partial charge in [-0.05, 0) is 24.6 Å². The van der Waals surface area contributed by atoms with Gasteiger partial charge >= 0.3 is 0 Å². The van der Waals surface area contributed by atoms with Crippen molar-refractivity contribution in [3.63, 3.8) is 0 Å². The molecule has 1 fully saturated rings. The molecule has 3 rings (SSSR count). The highest BCUT2D eigenvalue weighted by molar-refractivity contribution is 7.89. The fourth-order valence-electron chi connectivity index (χ4n) is 4.31. The molecule has 1 aromatic carbocycles. The van der Waals surface area contributed by atoms with Crippen molar-refractivity contribution in [3.05, 3.63) is 23.8 Å². The van der Waals surface area contributed by atoms with Gasteiger partial charge in [-0.2, -0.15) is 0 Å². The van der Waals surface area contributed by atoms with Crippen molar-refractivity contribution >= 4 is 21.6 Å². The number of anilines is 1. The third-order valence-electron chi connectivity index (χ3n) is 6.05. The summed E-state index contributed by atoms with van der Waals surface area (Å²) in [6.07, 6.45) is 0. The second-order valence-electron chi connectivity index (χ2n) is 9.18. The van der Waals surface area contributed by atoms with Crippen LogP contribution >= 0.6 is 0 Å². The minimum Gasteiger partial charge on any atom is -0.383 e. The number of carbonyl (C=O) groups is 1. The maximum absolute atomic E-state index is 13.4. The monoisotopic (exact) mass is 438 g/mol. The Labute approximate surface area is 180 Å². The van der Waals surface area contributed by atoms with Crippen LogP contribution in [0.5, 0.6) is 0 Å². The summed E-state index contributed by atoms with van der Waals surface area (Å²) >= 11 is 0. The molecule has 0 aromatic heterocycles. The topological polar surface area (TPSA) is 82.2 Å². The molecule has 2 aliphatic heterocycles. The van der Waals surface area contributed by atoms with E-state index < -0.39 is 10.0 Å². The molecule has 0 spiro atoms. The number of amides is 1. The molecule has 0 bridgehead atoms. The van der Waals surface area contributed by atoms with E-state index in [2.05, 4.69) is 31.0 Å². The zero-order valence-electron chi connectivity index (χ0n) is 18.8. The summed E-state index contributed by atoms with van der Waals surface area (Å²) in [5, 5.41) is 3.44. The average molecular weight is 439 g/mol. The SMILES string of the molecule is COC[C@H]1CN[C@H](C)CN1CC(=O)N1CC(C)(C)c2ccc(S(=O)(=O)N(C)C)cc21. The standard InChI is InChI=1S/C21H34N4O4S/c1-15-11-24(16(10-22-15)13-29-6)12-20(26)25-14-21(2,3)18-8-7-17(9-19(18)25)30(27,28)23(4)5/h7-9,15-16,22H,10-14H2,1-6H3/t15-,16-/m1/s1. The molecule has 30 heavy (non-hydrogen) atoms. The molecule has 2 atom stereocenters. The number of carbonyl (C=O) groups excluding carboxylic acids is 1. The van der Waals surface area contributed by atoms with E-state index in [-0.39, 0.29) is 28.8 Å². The summed E-state index contributed by atoms with van der Waals surface area (Å²) in [5.74, 6) is -0.0172. The van der Waals surface area contributed by atoms with E-state index in [1.165, 1.54) is 18.4 Å². The smallest absolute Gasteiger partial charge is 0.242 e. The lowest BCUT2D eigenvalue weighted by atomic mass is 9.87. The molecule has 2 heterocycles. The first-order valence-corrected chi connectivity index (χ1v) is 11.7. The van der Waals surface area contributed by atoms with Gasteiger partial charge < -0.3 is 15.0 Å². The van der Waals surface area contributed by atoms with Crippen molar-refractivity contribution in [2.75, 3.05) is 58.9 Å². The number of methoxy groups -OCH3 is 1. The minimum absolute atomic E-state index is 0.0172. The Balaban J connectivity index is 1.89. The van der Waals surface area contributed by atoms with Crippen LogP contribution in [0.1, 0.15) is 26.3 Å². The maximum Gasteiger partial charge on any atom is 0.242 e. The molecule has 0 saturated carbocycles. The number of nitrogens with one attached hydrogen (secondary N) is 1. The molecular weight excluding hydrogens is 404 g/mol. The lowest BCUT2D eigenvalue weighted by Crippen LogP contribution is -2.59. The van der Waals surface area contributed by atoms with Crippen LogP contribution in [-0.2, 0) is 25.0 Å². The van der Waals surface area contributed by atoms with E-state index in [0.29, 0.717) is 24.9 Å². The van der Waals surface area contributed by atoms with Crippen LogP contribution < -0.4 is 10.2 Å². The lowest BCUT2D eigenvalue weighted by molar-refractivity contribution is -0.121. The number of ether oxygens (including phenoxy) is 1. The predicted molar refractivity (Wildman–Crippen MR) is 117 cm³/mol. The van der Waals surface area contributed by atoms with Gasteiger partial charge in [0, 0.05) is 64.0 Å². The van der Waals surface area contributed by atoms with Gasteiger partial charge in [0.25, 0.3) is 0 Å². The second kappa shape index (κ2) is 8.55. The molecule has 1 saturated heterocycles. The van der Waals surface area contributed by atoms with E-state index in [1.807, 2.05) is 6.07 Å². The van der Waals surface area contributed by atoms with Crippen LogP contribution in [0.2, 0.25) is 0 Å². The third-order valence-corrected chi connectivity index (χ3v) is 7.86. The number of piperazine rings is 1. The summed E-state index contributed by atoms with van der Waals surface area (Å²) in [6, 6.07) is 5.55. The summed E-state index contributed by atoms with van der Waals surface area (Å²) < 4.78 is 31.8. The largest absolute Gasteiger partial charge is 0.383 e. The third kappa shape index (κ3) is 4.40. The highest BCUT2D eigenvalue weighted by Crippen LogP contribution is 2.41. The lowest BCUT2D eigenvalue weighted by Gasteiger charge is -2.39. The van der Waals surface area contributed by atoms with Gasteiger partial charge in [0.1, 0.15) is 0 Å². The van der Waals surface area contributed by atoms with Crippen LogP contribution in [0, 0.1) is 0 Å². The van der Waals surface area contributed by atoms with Crippen LogP contribution in [0.3, 0.4) is 0 Å². The average Bonchev–Trinajstić information content (AvgIpc) is 2.94. The van der Waals surface area contributed by atoms with Crippen molar-refractivity contribution in [2.24, 2.45) is 0 Å². The van der Waals surface area contributed by atoms with Crippen LogP contribution in [0.25, 0.3) is 0 Å². The molecule has 0 aliphatic carbocycles. The Morgan fingerprint density at radius 1 is 1.33 bits per heavy atom. The predicted octanol–water partition coefficient (Wildman–Crippen LogP) is 0.870.